The minimum atomic E-state index is -1.05. The fourth-order valence-corrected chi connectivity index (χ4v) is 4.98. The molecular weight excluding hydrogens is 277 g/mol. The Bertz CT molecular complexity index is 327. The minimum Gasteiger partial charge on any atom is -0.396 e. The van der Waals surface area contributed by atoms with Gasteiger partial charge in [-0.1, -0.05) is 47.0 Å². The Kier molecular flexibility index (Phi) is 7.35. The van der Waals surface area contributed by atoms with E-state index in [1.807, 2.05) is 0 Å². The van der Waals surface area contributed by atoms with Crippen molar-refractivity contribution in [2.75, 3.05) is 13.2 Å². The molecule has 3 N–H and O–H groups in total. The molecular formula is C19H38O3. The lowest BCUT2D eigenvalue weighted by Gasteiger charge is -2.45. The summed E-state index contributed by atoms with van der Waals surface area (Å²) in [4.78, 5) is 0. The maximum Gasteiger partial charge on any atom is 0.0882 e. The predicted octanol–water partition coefficient (Wildman–Crippen LogP) is 3.61. The van der Waals surface area contributed by atoms with Crippen molar-refractivity contribution < 1.29 is 15.3 Å². The first-order chi connectivity index (χ1) is 10.2. The molecule has 0 aliphatic heterocycles. The maximum atomic E-state index is 10.6. The number of aliphatic hydroxyl groups is 3. The van der Waals surface area contributed by atoms with Gasteiger partial charge in [0.25, 0.3) is 0 Å². The molecule has 0 heterocycles. The average Bonchev–Trinajstić information content (AvgIpc) is 2.76. The lowest BCUT2D eigenvalue weighted by atomic mass is 9.63. The molecule has 22 heavy (non-hydrogen) atoms. The van der Waals surface area contributed by atoms with E-state index in [0.29, 0.717) is 18.3 Å². The van der Waals surface area contributed by atoms with E-state index in [1.165, 1.54) is 19.3 Å². The van der Waals surface area contributed by atoms with Gasteiger partial charge in [-0.2, -0.15) is 0 Å². The highest BCUT2D eigenvalue weighted by Gasteiger charge is 2.53. The van der Waals surface area contributed by atoms with E-state index in [2.05, 4.69) is 27.7 Å². The number of rotatable bonds is 9. The van der Waals surface area contributed by atoms with Gasteiger partial charge in [-0.05, 0) is 55.3 Å². The quantitative estimate of drug-likeness (QED) is 0.570. The molecule has 0 unspecified atom stereocenters. The van der Waals surface area contributed by atoms with Gasteiger partial charge in [0.2, 0.25) is 0 Å². The van der Waals surface area contributed by atoms with Crippen molar-refractivity contribution in [2.45, 2.75) is 78.7 Å². The van der Waals surface area contributed by atoms with Gasteiger partial charge < -0.3 is 15.3 Å². The van der Waals surface area contributed by atoms with Crippen molar-refractivity contribution in [2.24, 2.45) is 29.1 Å². The van der Waals surface area contributed by atoms with E-state index in [4.69, 9.17) is 0 Å². The molecule has 0 bridgehead atoms. The van der Waals surface area contributed by atoms with Crippen LogP contribution in [0.2, 0.25) is 0 Å². The molecule has 0 radical (unpaired) electrons. The number of hydrogen-bond acceptors (Lipinski definition) is 3. The van der Waals surface area contributed by atoms with Crippen molar-refractivity contribution in [1.82, 2.24) is 0 Å². The molecule has 3 heteroatoms. The first-order valence-corrected chi connectivity index (χ1v) is 9.13. The molecule has 1 aliphatic carbocycles. The molecule has 1 aliphatic rings. The smallest absolute Gasteiger partial charge is 0.0882 e. The van der Waals surface area contributed by atoms with Gasteiger partial charge in [0.15, 0.2) is 0 Å². The normalized spacial score (nSPS) is 33.1. The first kappa shape index (κ1) is 19.9. The zero-order valence-corrected chi connectivity index (χ0v) is 15.3. The van der Waals surface area contributed by atoms with Gasteiger partial charge >= 0.3 is 0 Å². The third-order valence-corrected chi connectivity index (χ3v) is 6.26. The van der Waals surface area contributed by atoms with Crippen LogP contribution in [0.3, 0.4) is 0 Å². The molecule has 1 fully saturated rings. The molecule has 0 aromatic heterocycles. The molecule has 0 spiro atoms. The maximum absolute atomic E-state index is 10.6. The Labute approximate surface area is 137 Å². The first-order valence-electron chi connectivity index (χ1n) is 9.13. The van der Waals surface area contributed by atoms with E-state index >= 15 is 0 Å². The van der Waals surface area contributed by atoms with Crippen molar-refractivity contribution in [1.29, 1.82) is 0 Å². The summed E-state index contributed by atoms with van der Waals surface area (Å²) in [5.41, 5.74) is -1.13. The topological polar surface area (TPSA) is 60.7 Å². The summed E-state index contributed by atoms with van der Waals surface area (Å²) in [6.07, 6.45) is 6.51. The monoisotopic (exact) mass is 315 g/mol. The Morgan fingerprint density at radius 1 is 1.14 bits per heavy atom. The summed E-state index contributed by atoms with van der Waals surface area (Å²) < 4.78 is 0. The summed E-state index contributed by atoms with van der Waals surface area (Å²) in [7, 11) is 0. The predicted molar refractivity (Wildman–Crippen MR) is 91.6 cm³/mol. The van der Waals surface area contributed by atoms with Gasteiger partial charge in [-0.15, -0.1) is 0 Å². The van der Waals surface area contributed by atoms with Crippen LogP contribution in [-0.4, -0.2) is 34.1 Å². The second-order valence-electron chi connectivity index (χ2n) is 8.53. The van der Waals surface area contributed by atoms with E-state index in [9.17, 15) is 15.3 Å². The Hall–Kier alpha value is -0.120. The standard InChI is InChI=1S/C19H38O3/c1-14(2)7-6-8-15(3)16-9-10-17(19(5,22)13-21)18(16,4)11-12-20/h14-17,20-22H,6-13H2,1-5H3/t15-,16-,17-,18-,19+/m1/s1/i5+1. The van der Waals surface area contributed by atoms with Crippen LogP contribution < -0.4 is 0 Å². The third-order valence-electron chi connectivity index (χ3n) is 6.26. The Morgan fingerprint density at radius 2 is 1.77 bits per heavy atom. The summed E-state index contributed by atoms with van der Waals surface area (Å²) >= 11 is 0. The van der Waals surface area contributed by atoms with Crippen molar-refractivity contribution in [3.63, 3.8) is 0 Å². The van der Waals surface area contributed by atoms with Gasteiger partial charge in [0, 0.05) is 6.61 Å². The molecule has 0 aromatic carbocycles. The summed E-state index contributed by atoms with van der Waals surface area (Å²) in [5, 5.41) is 29.7. The van der Waals surface area contributed by atoms with Crippen LogP contribution in [0.15, 0.2) is 0 Å². The van der Waals surface area contributed by atoms with E-state index < -0.39 is 5.60 Å². The molecule has 1 rings (SSSR count). The van der Waals surface area contributed by atoms with Crippen LogP contribution in [-0.2, 0) is 0 Å². The molecule has 3 nitrogen and oxygen atoms in total. The Balaban J connectivity index is 2.81. The van der Waals surface area contributed by atoms with Crippen LogP contribution >= 0.6 is 0 Å². The van der Waals surface area contributed by atoms with E-state index in [0.717, 1.165) is 18.8 Å². The lowest BCUT2D eigenvalue weighted by molar-refractivity contribution is -0.0961. The molecule has 0 aromatic rings. The van der Waals surface area contributed by atoms with Gasteiger partial charge in [0.1, 0.15) is 0 Å². The fraction of sp³-hybridized carbons (Fsp3) is 1.00. The second-order valence-corrected chi connectivity index (χ2v) is 8.53. The van der Waals surface area contributed by atoms with Crippen molar-refractivity contribution >= 4 is 0 Å². The fourth-order valence-electron chi connectivity index (χ4n) is 4.98. The summed E-state index contributed by atoms with van der Waals surface area (Å²) in [5.74, 6) is 1.95. The summed E-state index contributed by atoms with van der Waals surface area (Å²) in [6.45, 7) is 10.8. The van der Waals surface area contributed by atoms with Crippen LogP contribution in [0.25, 0.3) is 0 Å². The van der Waals surface area contributed by atoms with Gasteiger partial charge in [-0.3, -0.25) is 0 Å². The Morgan fingerprint density at radius 3 is 2.27 bits per heavy atom. The lowest BCUT2D eigenvalue weighted by Crippen LogP contribution is -2.47. The van der Waals surface area contributed by atoms with E-state index in [-0.39, 0.29) is 24.5 Å². The highest BCUT2D eigenvalue weighted by molar-refractivity contribution is 5.03. The number of hydrogen-bond donors (Lipinski definition) is 3. The number of aliphatic hydroxyl groups excluding tert-OH is 2. The molecule has 5 atom stereocenters. The highest BCUT2D eigenvalue weighted by Crippen LogP contribution is 2.57. The zero-order valence-electron chi connectivity index (χ0n) is 15.3. The van der Waals surface area contributed by atoms with E-state index in [1.54, 1.807) is 6.92 Å². The third kappa shape index (κ3) is 4.46. The largest absolute Gasteiger partial charge is 0.396 e. The molecule has 0 amide bonds. The highest BCUT2D eigenvalue weighted by atomic mass is 16.3. The minimum absolute atomic E-state index is 0.0645. The van der Waals surface area contributed by atoms with Gasteiger partial charge in [0.05, 0.1) is 12.2 Å². The van der Waals surface area contributed by atoms with Crippen LogP contribution in [0.1, 0.15) is 73.1 Å². The van der Waals surface area contributed by atoms with Gasteiger partial charge in [-0.25, -0.2) is 0 Å². The summed E-state index contributed by atoms with van der Waals surface area (Å²) in [6, 6.07) is 0. The second kappa shape index (κ2) is 8.12. The molecule has 1 saturated carbocycles. The molecule has 132 valence electrons. The van der Waals surface area contributed by atoms with Crippen molar-refractivity contribution in [3.8, 4) is 0 Å². The average molecular weight is 316 g/mol. The van der Waals surface area contributed by atoms with Crippen LogP contribution in [0.5, 0.6) is 0 Å². The zero-order chi connectivity index (χ0) is 17.0. The van der Waals surface area contributed by atoms with Crippen molar-refractivity contribution in [3.05, 3.63) is 0 Å². The molecule has 0 saturated heterocycles. The SMILES string of the molecule is CC(C)CCC[C@@H](C)[C@H]1CC[C@@H]([C@@]([13CH3])(O)CO)[C@]1(C)CCO. The van der Waals surface area contributed by atoms with Crippen LogP contribution in [0, 0.1) is 29.1 Å². The van der Waals surface area contributed by atoms with Crippen LogP contribution in [0.4, 0.5) is 0 Å².